The van der Waals surface area contributed by atoms with Gasteiger partial charge in [-0.2, -0.15) is 5.26 Å². The van der Waals surface area contributed by atoms with Crippen LogP contribution >= 0.6 is 0 Å². The van der Waals surface area contributed by atoms with E-state index < -0.39 is 0 Å². The number of hydrogen-bond donors (Lipinski definition) is 0. The summed E-state index contributed by atoms with van der Waals surface area (Å²) in [6, 6.07) is 16.2. The second-order valence-corrected chi connectivity index (χ2v) is 4.87. The van der Waals surface area contributed by atoms with Crippen LogP contribution in [-0.2, 0) is 17.6 Å². The molecule has 3 rings (SSSR count). The molecule has 1 heterocycles. The molecule has 0 aliphatic carbocycles. The van der Waals surface area contributed by atoms with E-state index in [-0.39, 0.29) is 18.2 Å². The summed E-state index contributed by atoms with van der Waals surface area (Å²) in [4.78, 5) is 25.9. The number of anilines is 1. The Labute approximate surface area is 122 Å². The van der Waals surface area contributed by atoms with Crippen LogP contribution in [0.15, 0.2) is 48.5 Å². The summed E-state index contributed by atoms with van der Waals surface area (Å²) in [5.41, 5.74) is 2.74. The van der Waals surface area contributed by atoms with Gasteiger partial charge in [0.25, 0.3) is 5.91 Å². The first-order chi connectivity index (χ1) is 10.2. The number of nitrogens with zero attached hydrogens (tertiary/aromatic N) is 2. The van der Waals surface area contributed by atoms with E-state index in [9.17, 15) is 9.59 Å². The zero-order valence-electron chi connectivity index (χ0n) is 11.2. The summed E-state index contributed by atoms with van der Waals surface area (Å²) in [6.45, 7) is 0. The van der Waals surface area contributed by atoms with Gasteiger partial charge in [-0.15, -0.1) is 0 Å². The summed E-state index contributed by atoms with van der Waals surface area (Å²) in [7, 11) is 0. The molecule has 4 nitrogen and oxygen atoms in total. The Morgan fingerprint density at radius 1 is 1.05 bits per heavy atom. The minimum atomic E-state index is -0.296. The highest BCUT2D eigenvalue weighted by atomic mass is 16.2. The molecule has 2 amide bonds. The molecule has 1 aliphatic rings. The number of benzene rings is 2. The fourth-order valence-electron chi connectivity index (χ4n) is 2.47. The van der Waals surface area contributed by atoms with Gasteiger partial charge in [0.05, 0.1) is 24.6 Å². The van der Waals surface area contributed by atoms with Crippen LogP contribution in [0.4, 0.5) is 5.69 Å². The lowest BCUT2D eigenvalue weighted by Crippen LogP contribution is -2.42. The average Bonchev–Trinajstić information content (AvgIpc) is 2.49. The monoisotopic (exact) mass is 276 g/mol. The third-order valence-corrected chi connectivity index (χ3v) is 3.52. The van der Waals surface area contributed by atoms with Gasteiger partial charge in [0.2, 0.25) is 5.91 Å². The molecule has 0 spiro atoms. The van der Waals surface area contributed by atoms with E-state index in [1.807, 2.05) is 6.07 Å². The molecule has 0 saturated heterocycles. The number of hydrogen-bond acceptors (Lipinski definition) is 3. The zero-order chi connectivity index (χ0) is 14.8. The highest BCUT2D eigenvalue weighted by Gasteiger charge is 2.31. The molecule has 2 aromatic carbocycles. The Kier molecular flexibility index (Phi) is 3.25. The fourth-order valence-corrected chi connectivity index (χ4v) is 2.47. The van der Waals surface area contributed by atoms with Gasteiger partial charge in [0, 0.05) is 5.56 Å². The van der Waals surface area contributed by atoms with Crippen LogP contribution in [0, 0.1) is 11.3 Å². The molecule has 1 aliphatic heterocycles. The smallest absolute Gasteiger partial charge is 0.265 e. The minimum Gasteiger partial charge on any atom is -0.274 e. The maximum Gasteiger partial charge on any atom is 0.265 e. The maximum absolute atomic E-state index is 12.5. The molecular weight excluding hydrogens is 264 g/mol. The van der Waals surface area contributed by atoms with Gasteiger partial charge in [0.1, 0.15) is 0 Å². The van der Waals surface area contributed by atoms with Crippen LogP contribution in [0.1, 0.15) is 21.5 Å². The number of amides is 2. The van der Waals surface area contributed by atoms with E-state index in [1.54, 1.807) is 42.5 Å². The largest absolute Gasteiger partial charge is 0.274 e. The van der Waals surface area contributed by atoms with E-state index in [0.717, 1.165) is 11.1 Å². The summed E-state index contributed by atoms with van der Waals surface area (Å²) in [5.74, 6) is -0.526. The number of carbonyl (C=O) groups is 2. The second kappa shape index (κ2) is 5.22. The lowest BCUT2D eigenvalue weighted by molar-refractivity contribution is -0.117. The fraction of sp³-hybridized carbons (Fsp3) is 0.118. The van der Waals surface area contributed by atoms with Gasteiger partial charge in [-0.3, -0.25) is 9.59 Å². The van der Waals surface area contributed by atoms with Crippen molar-refractivity contribution in [3.63, 3.8) is 0 Å². The first-order valence-corrected chi connectivity index (χ1v) is 6.62. The molecule has 102 valence electrons. The van der Waals surface area contributed by atoms with Crippen molar-refractivity contribution in [2.75, 3.05) is 4.90 Å². The highest BCUT2D eigenvalue weighted by Crippen LogP contribution is 2.25. The quantitative estimate of drug-likeness (QED) is 0.792. The molecule has 21 heavy (non-hydrogen) atoms. The van der Waals surface area contributed by atoms with Crippen molar-refractivity contribution in [1.82, 2.24) is 0 Å². The first kappa shape index (κ1) is 13.1. The SMILES string of the molecule is N#CCc1ccc(N2C(=O)Cc3ccccc3C2=O)cc1. The topological polar surface area (TPSA) is 61.2 Å². The Morgan fingerprint density at radius 2 is 1.76 bits per heavy atom. The van der Waals surface area contributed by atoms with Crippen LogP contribution in [-0.4, -0.2) is 11.8 Å². The molecular formula is C17H12N2O2. The first-order valence-electron chi connectivity index (χ1n) is 6.62. The molecule has 4 heteroatoms. The Balaban J connectivity index is 1.97. The molecule has 0 unspecified atom stereocenters. The van der Waals surface area contributed by atoms with Crippen LogP contribution in [0.3, 0.4) is 0 Å². The van der Waals surface area contributed by atoms with E-state index in [0.29, 0.717) is 17.7 Å². The molecule has 0 fully saturated rings. The van der Waals surface area contributed by atoms with Crippen LogP contribution in [0.5, 0.6) is 0 Å². The number of carbonyl (C=O) groups excluding carboxylic acids is 2. The van der Waals surface area contributed by atoms with Crippen molar-refractivity contribution in [2.24, 2.45) is 0 Å². The van der Waals surface area contributed by atoms with Crippen molar-refractivity contribution in [3.8, 4) is 6.07 Å². The van der Waals surface area contributed by atoms with E-state index in [2.05, 4.69) is 6.07 Å². The molecule has 0 bridgehead atoms. The Morgan fingerprint density at radius 3 is 2.48 bits per heavy atom. The summed E-state index contributed by atoms with van der Waals surface area (Å²) in [5, 5.41) is 8.66. The van der Waals surface area contributed by atoms with Crippen LogP contribution in [0.25, 0.3) is 0 Å². The van der Waals surface area contributed by atoms with Gasteiger partial charge < -0.3 is 0 Å². The number of rotatable bonds is 2. The van der Waals surface area contributed by atoms with Crippen LogP contribution < -0.4 is 4.90 Å². The summed E-state index contributed by atoms with van der Waals surface area (Å²) < 4.78 is 0. The van der Waals surface area contributed by atoms with Crippen molar-refractivity contribution >= 4 is 17.5 Å². The van der Waals surface area contributed by atoms with Gasteiger partial charge >= 0.3 is 0 Å². The van der Waals surface area contributed by atoms with E-state index in [1.165, 1.54) is 4.90 Å². The molecule has 0 aromatic heterocycles. The standard InChI is InChI=1S/C17H12N2O2/c18-10-9-12-5-7-14(8-6-12)19-16(20)11-13-3-1-2-4-15(13)17(19)21/h1-8H,9,11H2. The molecule has 2 aromatic rings. The third-order valence-electron chi connectivity index (χ3n) is 3.52. The Hall–Kier alpha value is -2.93. The van der Waals surface area contributed by atoms with Gasteiger partial charge in [-0.1, -0.05) is 30.3 Å². The average molecular weight is 276 g/mol. The summed E-state index contributed by atoms with van der Waals surface area (Å²) >= 11 is 0. The molecule has 0 atom stereocenters. The van der Waals surface area contributed by atoms with Gasteiger partial charge in [-0.05, 0) is 29.3 Å². The van der Waals surface area contributed by atoms with Crippen molar-refractivity contribution < 1.29 is 9.59 Å². The second-order valence-electron chi connectivity index (χ2n) is 4.87. The Bertz CT molecular complexity index is 757. The lowest BCUT2D eigenvalue weighted by Gasteiger charge is -2.26. The molecule has 0 radical (unpaired) electrons. The number of imide groups is 1. The predicted octanol–water partition coefficient (Wildman–Crippen LogP) is 2.48. The predicted molar refractivity (Wildman–Crippen MR) is 77.7 cm³/mol. The van der Waals surface area contributed by atoms with Crippen molar-refractivity contribution in [3.05, 3.63) is 65.2 Å². The normalized spacial score (nSPS) is 13.8. The number of fused-ring (bicyclic) bond motifs is 1. The highest BCUT2D eigenvalue weighted by molar-refractivity contribution is 6.24. The van der Waals surface area contributed by atoms with Crippen LogP contribution in [0.2, 0.25) is 0 Å². The summed E-state index contributed by atoms with van der Waals surface area (Å²) in [6.07, 6.45) is 0.535. The van der Waals surface area contributed by atoms with Gasteiger partial charge in [-0.25, -0.2) is 4.90 Å². The van der Waals surface area contributed by atoms with E-state index >= 15 is 0 Å². The lowest BCUT2D eigenvalue weighted by atomic mass is 9.98. The molecule has 0 N–H and O–H groups in total. The minimum absolute atomic E-state index is 0.224. The van der Waals surface area contributed by atoms with Gasteiger partial charge in [0.15, 0.2) is 0 Å². The van der Waals surface area contributed by atoms with Crippen molar-refractivity contribution in [1.29, 1.82) is 5.26 Å². The maximum atomic E-state index is 12.5. The van der Waals surface area contributed by atoms with E-state index in [4.69, 9.17) is 5.26 Å². The zero-order valence-corrected chi connectivity index (χ0v) is 11.2. The number of nitriles is 1. The third kappa shape index (κ3) is 2.30. The molecule has 0 saturated carbocycles. The van der Waals surface area contributed by atoms with Crippen molar-refractivity contribution in [2.45, 2.75) is 12.8 Å².